The molecular weight excluding hydrogens is 228 g/mol. The highest BCUT2D eigenvalue weighted by molar-refractivity contribution is 5.91. The van der Waals surface area contributed by atoms with Crippen LogP contribution in [0.15, 0.2) is 24.3 Å². The van der Waals surface area contributed by atoms with Crippen LogP contribution in [0.3, 0.4) is 0 Å². The number of benzene rings is 1. The number of anilines is 1. The molecule has 0 aliphatic heterocycles. The van der Waals surface area contributed by atoms with E-state index in [1.54, 1.807) is 24.3 Å². The summed E-state index contributed by atoms with van der Waals surface area (Å²) in [6.07, 6.45) is 3.79. The van der Waals surface area contributed by atoms with Gasteiger partial charge in [0.05, 0.1) is 6.61 Å². The molecule has 1 saturated carbocycles. The molecule has 0 heterocycles. The summed E-state index contributed by atoms with van der Waals surface area (Å²) in [5.41, 5.74) is 7.38. The number of hydrogen-bond donors (Lipinski definition) is 3. The predicted octanol–water partition coefficient (Wildman–Crippen LogP) is 1.64. The van der Waals surface area contributed by atoms with Crippen LogP contribution >= 0.6 is 0 Å². The lowest BCUT2D eigenvalue weighted by Crippen LogP contribution is -2.40. The van der Waals surface area contributed by atoms with E-state index in [2.05, 4.69) is 5.32 Å². The van der Waals surface area contributed by atoms with Crippen molar-refractivity contribution in [1.29, 1.82) is 0 Å². The molecule has 0 bridgehead atoms. The highest BCUT2D eigenvalue weighted by Gasteiger charge is 2.37. The van der Waals surface area contributed by atoms with Crippen molar-refractivity contribution in [3.8, 4) is 0 Å². The SMILES string of the molecule is NCC1(CC(=O)Nc2ccc(CO)cc2)CCC1. The fraction of sp³-hybridized carbons (Fsp3) is 0.500. The predicted molar refractivity (Wildman–Crippen MR) is 70.9 cm³/mol. The van der Waals surface area contributed by atoms with Crippen molar-refractivity contribution in [3.05, 3.63) is 29.8 Å². The number of rotatable bonds is 5. The topological polar surface area (TPSA) is 75.4 Å². The Morgan fingerprint density at radius 2 is 2.00 bits per heavy atom. The lowest BCUT2D eigenvalue weighted by molar-refractivity contribution is -0.119. The van der Waals surface area contributed by atoms with Gasteiger partial charge >= 0.3 is 0 Å². The highest BCUT2D eigenvalue weighted by Crippen LogP contribution is 2.43. The molecule has 0 spiro atoms. The smallest absolute Gasteiger partial charge is 0.224 e. The monoisotopic (exact) mass is 248 g/mol. The van der Waals surface area contributed by atoms with Crippen LogP contribution in [0.2, 0.25) is 0 Å². The van der Waals surface area contributed by atoms with Crippen molar-refractivity contribution in [2.45, 2.75) is 32.3 Å². The lowest BCUT2D eigenvalue weighted by Gasteiger charge is -2.40. The second-order valence-corrected chi connectivity index (χ2v) is 5.14. The van der Waals surface area contributed by atoms with Crippen LogP contribution < -0.4 is 11.1 Å². The Morgan fingerprint density at radius 1 is 1.33 bits per heavy atom. The van der Waals surface area contributed by atoms with E-state index in [0.29, 0.717) is 13.0 Å². The van der Waals surface area contributed by atoms with Gasteiger partial charge in [0.25, 0.3) is 0 Å². The fourth-order valence-electron chi connectivity index (χ4n) is 2.37. The van der Waals surface area contributed by atoms with Gasteiger partial charge in [-0.25, -0.2) is 0 Å². The zero-order valence-corrected chi connectivity index (χ0v) is 10.5. The molecule has 98 valence electrons. The molecule has 0 saturated heterocycles. The van der Waals surface area contributed by atoms with Crippen molar-refractivity contribution in [2.75, 3.05) is 11.9 Å². The van der Waals surface area contributed by atoms with Crippen LogP contribution in [-0.2, 0) is 11.4 Å². The van der Waals surface area contributed by atoms with Gasteiger partial charge in [-0.3, -0.25) is 4.79 Å². The first-order chi connectivity index (χ1) is 8.67. The van der Waals surface area contributed by atoms with E-state index >= 15 is 0 Å². The standard InChI is InChI=1S/C14H20N2O2/c15-10-14(6-1-7-14)8-13(18)16-12-4-2-11(9-17)3-5-12/h2-5,17H,1,6-10,15H2,(H,16,18). The molecule has 0 unspecified atom stereocenters. The second-order valence-electron chi connectivity index (χ2n) is 5.14. The van der Waals surface area contributed by atoms with Gasteiger partial charge in [0.2, 0.25) is 5.91 Å². The summed E-state index contributed by atoms with van der Waals surface area (Å²) in [4.78, 5) is 11.9. The molecule has 4 nitrogen and oxygen atoms in total. The molecule has 0 atom stereocenters. The van der Waals surface area contributed by atoms with Crippen molar-refractivity contribution >= 4 is 11.6 Å². The third kappa shape index (κ3) is 2.89. The summed E-state index contributed by atoms with van der Waals surface area (Å²) in [7, 11) is 0. The van der Waals surface area contributed by atoms with Crippen LogP contribution in [0.4, 0.5) is 5.69 Å². The molecule has 1 aliphatic carbocycles. The van der Waals surface area contributed by atoms with Crippen molar-refractivity contribution in [2.24, 2.45) is 11.1 Å². The van der Waals surface area contributed by atoms with Gasteiger partial charge in [-0.15, -0.1) is 0 Å². The summed E-state index contributed by atoms with van der Waals surface area (Å²) in [5, 5.41) is 11.8. The summed E-state index contributed by atoms with van der Waals surface area (Å²) >= 11 is 0. The first kappa shape index (κ1) is 13.1. The minimum atomic E-state index is 0.0184. The van der Waals surface area contributed by atoms with Gasteiger partial charge < -0.3 is 16.2 Å². The average molecular weight is 248 g/mol. The summed E-state index contributed by atoms with van der Waals surface area (Å²) in [6, 6.07) is 7.22. The number of aliphatic hydroxyl groups excluding tert-OH is 1. The van der Waals surface area contributed by atoms with Crippen LogP contribution in [0.5, 0.6) is 0 Å². The van der Waals surface area contributed by atoms with Gasteiger partial charge in [-0.1, -0.05) is 18.6 Å². The minimum Gasteiger partial charge on any atom is -0.392 e. The molecule has 18 heavy (non-hydrogen) atoms. The number of hydrogen-bond acceptors (Lipinski definition) is 3. The van der Waals surface area contributed by atoms with Crippen LogP contribution in [0.25, 0.3) is 0 Å². The largest absolute Gasteiger partial charge is 0.392 e. The molecule has 4 heteroatoms. The maximum atomic E-state index is 11.9. The van der Waals surface area contributed by atoms with E-state index in [1.165, 1.54) is 6.42 Å². The highest BCUT2D eigenvalue weighted by atomic mass is 16.3. The Labute approximate surface area is 107 Å². The number of carbonyl (C=O) groups is 1. The number of aliphatic hydroxyl groups is 1. The molecular formula is C14H20N2O2. The zero-order chi connectivity index (χ0) is 13.0. The van der Waals surface area contributed by atoms with E-state index in [0.717, 1.165) is 24.1 Å². The van der Waals surface area contributed by atoms with Gasteiger partial charge in [-0.2, -0.15) is 0 Å². The maximum absolute atomic E-state index is 11.9. The lowest BCUT2D eigenvalue weighted by atomic mass is 9.66. The van der Waals surface area contributed by atoms with Crippen LogP contribution in [0, 0.1) is 5.41 Å². The van der Waals surface area contributed by atoms with E-state index < -0.39 is 0 Å². The number of nitrogens with two attached hydrogens (primary N) is 1. The maximum Gasteiger partial charge on any atom is 0.224 e. The van der Waals surface area contributed by atoms with Gasteiger partial charge in [0.15, 0.2) is 0 Å². The number of carbonyl (C=O) groups excluding carboxylic acids is 1. The number of amides is 1. The summed E-state index contributed by atoms with van der Waals surface area (Å²) < 4.78 is 0. The molecule has 1 amide bonds. The average Bonchev–Trinajstić information content (AvgIpc) is 2.35. The van der Waals surface area contributed by atoms with Crippen molar-refractivity contribution in [3.63, 3.8) is 0 Å². The molecule has 0 aromatic heterocycles. The van der Waals surface area contributed by atoms with E-state index in [-0.39, 0.29) is 17.9 Å². The third-order valence-electron chi connectivity index (χ3n) is 3.80. The third-order valence-corrected chi connectivity index (χ3v) is 3.80. The molecule has 0 radical (unpaired) electrons. The quantitative estimate of drug-likeness (QED) is 0.741. The van der Waals surface area contributed by atoms with Gasteiger partial charge in [-0.05, 0) is 42.5 Å². The van der Waals surface area contributed by atoms with Gasteiger partial charge in [0, 0.05) is 12.1 Å². The van der Waals surface area contributed by atoms with Crippen molar-refractivity contribution < 1.29 is 9.90 Å². The molecule has 1 aromatic rings. The van der Waals surface area contributed by atoms with E-state index in [9.17, 15) is 4.79 Å². The first-order valence-corrected chi connectivity index (χ1v) is 6.37. The second kappa shape index (κ2) is 5.50. The Morgan fingerprint density at radius 3 is 2.44 bits per heavy atom. The molecule has 4 N–H and O–H groups in total. The Kier molecular flexibility index (Phi) is 3.99. The summed E-state index contributed by atoms with van der Waals surface area (Å²) in [6.45, 7) is 0.606. The normalized spacial score (nSPS) is 17.0. The molecule has 1 aromatic carbocycles. The molecule has 2 rings (SSSR count). The molecule has 1 fully saturated rings. The summed E-state index contributed by atoms with van der Waals surface area (Å²) in [5.74, 6) is 0.0249. The first-order valence-electron chi connectivity index (χ1n) is 6.37. The van der Waals surface area contributed by atoms with Crippen LogP contribution in [-0.4, -0.2) is 17.6 Å². The Balaban J connectivity index is 1.90. The molecule has 1 aliphatic rings. The number of nitrogens with one attached hydrogen (secondary N) is 1. The Bertz CT molecular complexity index is 405. The zero-order valence-electron chi connectivity index (χ0n) is 10.5. The van der Waals surface area contributed by atoms with E-state index in [4.69, 9.17) is 10.8 Å². The van der Waals surface area contributed by atoms with Gasteiger partial charge in [0.1, 0.15) is 0 Å². The van der Waals surface area contributed by atoms with Crippen molar-refractivity contribution in [1.82, 2.24) is 0 Å². The van der Waals surface area contributed by atoms with E-state index in [1.807, 2.05) is 0 Å². The Hall–Kier alpha value is -1.39. The van der Waals surface area contributed by atoms with Crippen LogP contribution in [0.1, 0.15) is 31.2 Å². The minimum absolute atomic E-state index is 0.0184. The fourth-order valence-corrected chi connectivity index (χ4v) is 2.37.